The number of likely N-dealkylation sites (tertiary alicyclic amines) is 1. The van der Waals surface area contributed by atoms with Crippen LogP contribution in [0.4, 0.5) is 0 Å². The molecule has 0 aromatic carbocycles. The molecule has 1 aliphatic rings. The molecule has 0 aliphatic carbocycles. The van der Waals surface area contributed by atoms with E-state index in [1.54, 1.807) is 0 Å². The van der Waals surface area contributed by atoms with Crippen molar-refractivity contribution in [3.63, 3.8) is 0 Å². The standard InChI is InChI=1S/C10H15NO4/c1-7(4-10(14)15-2)3-8-5-9(13)11(8)6-12/h8,12H,1,3-6H2,2H3. The molecule has 0 radical (unpaired) electrons. The third kappa shape index (κ3) is 2.79. The van der Waals surface area contributed by atoms with E-state index in [9.17, 15) is 9.59 Å². The first-order chi connectivity index (χ1) is 7.08. The van der Waals surface area contributed by atoms with Gasteiger partial charge in [0, 0.05) is 12.5 Å². The molecular formula is C10H15NO4. The Balaban J connectivity index is 2.33. The first-order valence-electron chi connectivity index (χ1n) is 4.72. The summed E-state index contributed by atoms with van der Waals surface area (Å²) in [6.45, 7) is 3.47. The van der Waals surface area contributed by atoms with Crippen molar-refractivity contribution in [2.24, 2.45) is 0 Å². The lowest BCUT2D eigenvalue weighted by Gasteiger charge is -2.39. The minimum absolute atomic E-state index is 0.0142. The van der Waals surface area contributed by atoms with Crippen molar-refractivity contribution in [3.05, 3.63) is 12.2 Å². The van der Waals surface area contributed by atoms with E-state index in [1.165, 1.54) is 12.0 Å². The SMILES string of the molecule is C=C(CC(=O)OC)CC1CC(=O)N1CO. The van der Waals surface area contributed by atoms with Crippen molar-refractivity contribution >= 4 is 11.9 Å². The van der Waals surface area contributed by atoms with Crippen molar-refractivity contribution in [2.45, 2.75) is 25.3 Å². The zero-order valence-corrected chi connectivity index (χ0v) is 8.73. The molecule has 84 valence electrons. The summed E-state index contributed by atoms with van der Waals surface area (Å²) in [5, 5.41) is 8.85. The lowest BCUT2D eigenvalue weighted by molar-refractivity contribution is -0.151. The number of methoxy groups -OCH3 is 1. The maximum absolute atomic E-state index is 11.0. The van der Waals surface area contributed by atoms with Gasteiger partial charge in [0.1, 0.15) is 6.73 Å². The smallest absolute Gasteiger partial charge is 0.309 e. The number of hydrogen-bond acceptors (Lipinski definition) is 4. The van der Waals surface area contributed by atoms with Crippen molar-refractivity contribution in [2.75, 3.05) is 13.8 Å². The van der Waals surface area contributed by atoms with Gasteiger partial charge in [-0.3, -0.25) is 9.59 Å². The number of carbonyl (C=O) groups excluding carboxylic acids is 2. The molecule has 1 unspecified atom stereocenters. The second kappa shape index (κ2) is 4.93. The largest absolute Gasteiger partial charge is 0.469 e. The predicted molar refractivity (Wildman–Crippen MR) is 52.7 cm³/mol. The molecule has 1 saturated heterocycles. The van der Waals surface area contributed by atoms with Crippen molar-refractivity contribution < 1.29 is 19.4 Å². The van der Waals surface area contributed by atoms with Gasteiger partial charge < -0.3 is 14.7 Å². The fourth-order valence-corrected chi connectivity index (χ4v) is 1.58. The molecule has 1 atom stereocenters. The van der Waals surface area contributed by atoms with Crippen LogP contribution in [0, 0.1) is 0 Å². The van der Waals surface area contributed by atoms with E-state index in [1.807, 2.05) is 0 Å². The molecule has 0 spiro atoms. The quantitative estimate of drug-likeness (QED) is 0.398. The summed E-state index contributed by atoms with van der Waals surface area (Å²) >= 11 is 0. The summed E-state index contributed by atoms with van der Waals surface area (Å²) in [5.74, 6) is -0.394. The van der Waals surface area contributed by atoms with Gasteiger partial charge in [-0.2, -0.15) is 0 Å². The van der Waals surface area contributed by atoms with Gasteiger partial charge in [-0.05, 0) is 6.42 Å². The number of aliphatic hydroxyl groups excluding tert-OH is 1. The Bertz CT molecular complexity index is 287. The highest BCUT2D eigenvalue weighted by atomic mass is 16.5. The van der Waals surface area contributed by atoms with Gasteiger partial charge in [0.05, 0.1) is 13.5 Å². The molecule has 0 aromatic heterocycles. The minimum atomic E-state index is -0.332. The molecule has 0 saturated carbocycles. The Labute approximate surface area is 88.3 Å². The maximum atomic E-state index is 11.0. The molecule has 15 heavy (non-hydrogen) atoms. The van der Waals surface area contributed by atoms with Crippen LogP contribution in [-0.4, -0.2) is 41.8 Å². The first kappa shape index (κ1) is 11.7. The third-order valence-electron chi connectivity index (χ3n) is 2.47. The highest BCUT2D eigenvalue weighted by Crippen LogP contribution is 2.25. The number of rotatable bonds is 5. The molecule has 1 aliphatic heterocycles. The molecule has 1 amide bonds. The van der Waals surface area contributed by atoms with E-state index in [-0.39, 0.29) is 31.1 Å². The molecule has 1 heterocycles. The van der Waals surface area contributed by atoms with Crippen LogP contribution in [0.1, 0.15) is 19.3 Å². The number of hydrogen-bond donors (Lipinski definition) is 1. The van der Waals surface area contributed by atoms with Crippen LogP contribution in [-0.2, 0) is 14.3 Å². The van der Waals surface area contributed by atoms with Crippen LogP contribution in [0.5, 0.6) is 0 Å². The van der Waals surface area contributed by atoms with E-state index in [0.29, 0.717) is 12.8 Å². The zero-order valence-electron chi connectivity index (χ0n) is 8.73. The molecule has 5 nitrogen and oxygen atoms in total. The first-order valence-corrected chi connectivity index (χ1v) is 4.72. The Kier molecular flexibility index (Phi) is 3.85. The molecule has 1 rings (SSSR count). The van der Waals surface area contributed by atoms with Crippen molar-refractivity contribution in [1.29, 1.82) is 0 Å². The summed E-state index contributed by atoms with van der Waals surface area (Å²) in [6, 6.07) is -0.0142. The summed E-state index contributed by atoms with van der Waals surface area (Å²) in [6.07, 6.45) is 1.13. The topological polar surface area (TPSA) is 66.8 Å². The van der Waals surface area contributed by atoms with Gasteiger partial charge >= 0.3 is 5.97 Å². The van der Waals surface area contributed by atoms with Crippen LogP contribution >= 0.6 is 0 Å². The number of nitrogens with zero attached hydrogens (tertiary/aromatic N) is 1. The zero-order chi connectivity index (χ0) is 11.4. The van der Waals surface area contributed by atoms with E-state index in [4.69, 9.17) is 5.11 Å². The monoisotopic (exact) mass is 213 g/mol. The number of ether oxygens (including phenoxy) is 1. The Morgan fingerprint density at radius 1 is 1.73 bits per heavy atom. The fourth-order valence-electron chi connectivity index (χ4n) is 1.58. The molecule has 1 N–H and O–H groups in total. The van der Waals surface area contributed by atoms with Crippen LogP contribution in [0.25, 0.3) is 0 Å². The highest BCUT2D eigenvalue weighted by molar-refractivity contribution is 5.83. The highest BCUT2D eigenvalue weighted by Gasteiger charge is 2.35. The van der Waals surface area contributed by atoms with Crippen LogP contribution in [0.15, 0.2) is 12.2 Å². The second-order valence-electron chi connectivity index (χ2n) is 3.57. The Morgan fingerprint density at radius 2 is 2.40 bits per heavy atom. The fraction of sp³-hybridized carbons (Fsp3) is 0.600. The predicted octanol–water partition coefficient (Wildman–Crippen LogP) is 0.0465. The molecule has 0 bridgehead atoms. The van der Waals surface area contributed by atoms with Crippen LogP contribution < -0.4 is 0 Å². The molecule has 5 heteroatoms. The lowest BCUT2D eigenvalue weighted by Crippen LogP contribution is -2.52. The summed E-state index contributed by atoms with van der Waals surface area (Å²) < 4.78 is 4.50. The van der Waals surface area contributed by atoms with Gasteiger partial charge in [-0.25, -0.2) is 0 Å². The van der Waals surface area contributed by atoms with Crippen LogP contribution in [0.2, 0.25) is 0 Å². The number of aliphatic hydroxyl groups is 1. The van der Waals surface area contributed by atoms with Gasteiger partial charge in [0.2, 0.25) is 5.91 Å². The number of β-lactam (4-membered cyclic amide) rings is 1. The summed E-state index contributed by atoms with van der Waals surface area (Å²) in [4.78, 5) is 23.3. The van der Waals surface area contributed by atoms with Gasteiger partial charge in [0.15, 0.2) is 0 Å². The minimum Gasteiger partial charge on any atom is -0.469 e. The maximum Gasteiger partial charge on any atom is 0.309 e. The normalized spacial score (nSPS) is 19.7. The average molecular weight is 213 g/mol. The summed E-state index contributed by atoms with van der Waals surface area (Å²) in [7, 11) is 1.32. The van der Waals surface area contributed by atoms with Gasteiger partial charge in [0.25, 0.3) is 0 Å². The number of carbonyl (C=O) groups is 2. The van der Waals surface area contributed by atoms with E-state index < -0.39 is 0 Å². The van der Waals surface area contributed by atoms with Gasteiger partial charge in [-0.15, -0.1) is 0 Å². The van der Waals surface area contributed by atoms with E-state index in [2.05, 4.69) is 11.3 Å². The van der Waals surface area contributed by atoms with E-state index >= 15 is 0 Å². The van der Waals surface area contributed by atoms with Gasteiger partial charge in [-0.1, -0.05) is 12.2 Å². The second-order valence-corrected chi connectivity index (χ2v) is 3.57. The molecular weight excluding hydrogens is 198 g/mol. The molecule has 1 fully saturated rings. The average Bonchev–Trinajstić information content (AvgIpc) is 2.17. The Morgan fingerprint density at radius 3 is 2.87 bits per heavy atom. The number of amides is 1. The third-order valence-corrected chi connectivity index (χ3v) is 2.47. The van der Waals surface area contributed by atoms with E-state index in [0.717, 1.165) is 5.57 Å². The summed E-state index contributed by atoms with van der Waals surface area (Å²) in [5.41, 5.74) is 0.720. The van der Waals surface area contributed by atoms with Crippen molar-refractivity contribution in [3.8, 4) is 0 Å². The Hall–Kier alpha value is -1.36. The van der Waals surface area contributed by atoms with Crippen LogP contribution in [0.3, 0.4) is 0 Å². The molecule has 0 aromatic rings. The number of esters is 1. The van der Waals surface area contributed by atoms with Crippen molar-refractivity contribution in [1.82, 2.24) is 4.90 Å². The lowest BCUT2D eigenvalue weighted by atomic mass is 9.94.